The van der Waals surface area contributed by atoms with Crippen LogP contribution >= 0.6 is 0 Å². The fourth-order valence-electron chi connectivity index (χ4n) is 2.35. The van der Waals surface area contributed by atoms with Crippen molar-refractivity contribution in [2.75, 3.05) is 6.61 Å². The molecular weight excluding hydrogens is 258 g/mol. The highest BCUT2D eigenvalue weighted by atomic mass is 16.5. The molecule has 0 fully saturated rings. The zero-order chi connectivity index (χ0) is 14.5. The number of fused-ring (bicyclic) bond motifs is 1. The number of hydrogen-bond donors (Lipinski definition) is 0. The van der Waals surface area contributed by atoms with Crippen molar-refractivity contribution in [3.63, 3.8) is 0 Å². The number of pyridine rings is 1. The first kappa shape index (κ1) is 13.6. The summed E-state index contributed by atoms with van der Waals surface area (Å²) < 4.78 is 5.98. The van der Waals surface area contributed by atoms with Gasteiger partial charge in [-0.05, 0) is 18.6 Å². The monoisotopic (exact) mass is 277 g/mol. The van der Waals surface area contributed by atoms with E-state index in [0.717, 1.165) is 47.4 Å². The van der Waals surface area contributed by atoms with Crippen molar-refractivity contribution in [1.82, 2.24) is 4.98 Å². The van der Waals surface area contributed by atoms with Crippen LogP contribution in [-0.4, -0.2) is 11.6 Å². The molecule has 0 amide bonds. The van der Waals surface area contributed by atoms with Crippen molar-refractivity contribution < 1.29 is 4.74 Å². The Hall–Kier alpha value is -2.35. The molecule has 3 aromatic rings. The zero-order valence-electron chi connectivity index (χ0n) is 12.3. The van der Waals surface area contributed by atoms with E-state index in [9.17, 15) is 0 Å². The van der Waals surface area contributed by atoms with E-state index >= 15 is 0 Å². The molecule has 2 aromatic carbocycles. The van der Waals surface area contributed by atoms with Crippen molar-refractivity contribution >= 4 is 10.9 Å². The van der Waals surface area contributed by atoms with Crippen LogP contribution in [-0.2, 0) is 0 Å². The summed E-state index contributed by atoms with van der Waals surface area (Å²) in [5, 5.41) is 1.08. The van der Waals surface area contributed by atoms with Gasteiger partial charge in [-0.2, -0.15) is 0 Å². The van der Waals surface area contributed by atoms with Crippen molar-refractivity contribution in [1.29, 1.82) is 0 Å². The third-order valence-electron chi connectivity index (χ3n) is 3.50. The summed E-state index contributed by atoms with van der Waals surface area (Å²) in [6.07, 6.45) is 2.20. The molecule has 2 nitrogen and oxygen atoms in total. The van der Waals surface area contributed by atoms with Crippen LogP contribution < -0.4 is 4.74 Å². The summed E-state index contributed by atoms with van der Waals surface area (Å²) in [5.74, 6) is 0.924. The van der Waals surface area contributed by atoms with E-state index in [4.69, 9.17) is 9.72 Å². The third kappa shape index (κ3) is 3.05. The molecule has 0 N–H and O–H groups in total. The third-order valence-corrected chi connectivity index (χ3v) is 3.50. The molecule has 0 spiro atoms. The van der Waals surface area contributed by atoms with Gasteiger partial charge in [0.2, 0.25) is 0 Å². The summed E-state index contributed by atoms with van der Waals surface area (Å²) in [6.45, 7) is 2.92. The number of unbranched alkanes of at least 4 members (excludes halogenated alkanes) is 1. The number of para-hydroxylation sites is 1. The number of nitrogens with zero attached hydrogens (tertiary/aromatic N) is 1. The summed E-state index contributed by atoms with van der Waals surface area (Å²) in [7, 11) is 0. The Labute approximate surface area is 125 Å². The molecular formula is C19H19NO. The van der Waals surface area contributed by atoms with Crippen molar-refractivity contribution in [3.8, 4) is 17.0 Å². The molecule has 3 rings (SSSR count). The molecule has 0 aliphatic heterocycles. The van der Waals surface area contributed by atoms with E-state index in [2.05, 4.69) is 25.1 Å². The summed E-state index contributed by atoms with van der Waals surface area (Å²) in [5.41, 5.74) is 3.05. The first-order valence-corrected chi connectivity index (χ1v) is 7.46. The maximum Gasteiger partial charge on any atom is 0.130 e. The van der Waals surface area contributed by atoms with Gasteiger partial charge in [0.1, 0.15) is 5.75 Å². The van der Waals surface area contributed by atoms with E-state index in [1.54, 1.807) is 0 Å². The van der Waals surface area contributed by atoms with Gasteiger partial charge in [0.25, 0.3) is 0 Å². The van der Waals surface area contributed by atoms with Gasteiger partial charge >= 0.3 is 0 Å². The van der Waals surface area contributed by atoms with Gasteiger partial charge < -0.3 is 4.74 Å². The molecule has 0 aliphatic carbocycles. The van der Waals surface area contributed by atoms with Crippen LogP contribution in [0.3, 0.4) is 0 Å². The molecule has 1 heterocycles. The second-order valence-corrected chi connectivity index (χ2v) is 5.09. The molecule has 0 saturated heterocycles. The van der Waals surface area contributed by atoms with Crippen LogP contribution in [0, 0.1) is 0 Å². The van der Waals surface area contributed by atoms with Crippen LogP contribution in [0.15, 0.2) is 60.7 Å². The summed E-state index contributed by atoms with van der Waals surface area (Å²) >= 11 is 0. The normalized spacial score (nSPS) is 10.7. The van der Waals surface area contributed by atoms with Crippen molar-refractivity contribution in [2.24, 2.45) is 0 Å². The SMILES string of the molecule is CCCCOc1cc(-c2ccccc2)nc2ccccc12. The van der Waals surface area contributed by atoms with Gasteiger partial charge in [-0.1, -0.05) is 55.8 Å². The molecule has 21 heavy (non-hydrogen) atoms. The number of rotatable bonds is 5. The van der Waals surface area contributed by atoms with Gasteiger partial charge in [-0.25, -0.2) is 4.98 Å². The Bertz CT molecular complexity index is 722. The fraction of sp³-hybridized carbons (Fsp3) is 0.211. The second kappa shape index (κ2) is 6.40. The van der Waals surface area contributed by atoms with E-state index in [-0.39, 0.29) is 0 Å². The quantitative estimate of drug-likeness (QED) is 0.607. The molecule has 0 atom stereocenters. The maximum absolute atomic E-state index is 5.98. The summed E-state index contributed by atoms with van der Waals surface area (Å²) in [6, 6.07) is 20.4. The van der Waals surface area contributed by atoms with Gasteiger partial charge in [-0.15, -0.1) is 0 Å². The fourth-order valence-corrected chi connectivity index (χ4v) is 2.35. The largest absolute Gasteiger partial charge is 0.493 e. The summed E-state index contributed by atoms with van der Waals surface area (Å²) in [4.78, 5) is 4.75. The highest BCUT2D eigenvalue weighted by Gasteiger charge is 2.08. The number of hydrogen-bond acceptors (Lipinski definition) is 2. The Balaban J connectivity index is 2.06. The topological polar surface area (TPSA) is 22.1 Å². The first-order valence-electron chi connectivity index (χ1n) is 7.46. The second-order valence-electron chi connectivity index (χ2n) is 5.09. The zero-order valence-corrected chi connectivity index (χ0v) is 12.3. The maximum atomic E-state index is 5.98. The average Bonchev–Trinajstić information content (AvgIpc) is 2.55. The predicted octanol–water partition coefficient (Wildman–Crippen LogP) is 5.08. The minimum atomic E-state index is 0.749. The minimum Gasteiger partial charge on any atom is -0.493 e. The van der Waals surface area contributed by atoms with Crippen LogP contribution in [0.2, 0.25) is 0 Å². The highest BCUT2D eigenvalue weighted by molar-refractivity contribution is 5.87. The standard InChI is InChI=1S/C19H19NO/c1-2-3-13-21-19-14-18(15-9-5-4-6-10-15)20-17-12-8-7-11-16(17)19/h4-12,14H,2-3,13H2,1H3. The van der Waals surface area contributed by atoms with Crippen LogP contribution in [0.1, 0.15) is 19.8 Å². The van der Waals surface area contributed by atoms with Crippen molar-refractivity contribution in [3.05, 3.63) is 60.7 Å². The van der Waals surface area contributed by atoms with E-state index < -0.39 is 0 Å². The molecule has 2 heteroatoms. The van der Waals surface area contributed by atoms with E-state index in [1.807, 2.05) is 42.5 Å². The van der Waals surface area contributed by atoms with Gasteiger partial charge in [0.15, 0.2) is 0 Å². The van der Waals surface area contributed by atoms with E-state index in [0.29, 0.717) is 0 Å². The van der Waals surface area contributed by atoms with Gasteiger partial charge in [0.05, 0.1) is 17.8 Å². The highest BCUT2D eigenvalue weighted by Crippen LogP contribution is 2.30. The lowest BCUT2D eigenvalue weighted by molar-refractivity contribution is 0.313. The lowest BCUT2D eigenvalue weighted by atomic mass is 10.1. The van der Waals surface area contributed by atoms with Gasteiger partial charge in [0, 0.05) is 17.0 Å². The smallest absolute Gasteiger partial charge is 0.130 e. The molecule has 1 aromatic heterocycles. The first-order chi connectivity index (χ1) is 10.4. The lowest BCUT2D eigenvalue weighted by Gasteiger charge is -2.11. The van der Waals surface area contributed by atoms with Crippen LogP contribution in [0.25, 0.3) is 22.2 Å². The molecule has 0 radical (unpaired) electrons. The predicted molar refractivity (Wildman–Crippen MR) is 87.6 cm³/mol. The van der Waals surface area contributed by atoms with E-state index in [1.165, 1.54) is 0 Å². The van der Waals surface area contributed by atoms with Crippen LogP contribution in [0.5, 0.6) is 5.75 Å². The molecule has 0 aliphatic rings. The molecule has 106 valence electrons. The lowest BCUT2D eigenvalue weighted by Crippen LogP contribution is -1.98. The Morgan fingerprint density at radius 1 is 0.952 bits per heavy atom. The molecule has 0 saturated carbocycles. The molecule has 0 unspecified atom stereocenters. The molecule has 0 bridgehead atoms. The van der Waals surface area contributed by atoms with Crippen molar-refractivity contribution in [2.45, 2.75) is 19.8 Å². The van der Waals surface area contributed by atoms with Gasteiger partial charge in [-0.3, -0.25) is 0 Å². The Morgan fingerprint density at radius 2 is 1.71 bits per heavy atom. The Kier molecular flexibility index (Phi) is 4.15. The van der Waals surface area contributed by atoms with Crippen LogP contribution in [0.4, 0.5) is 0 Å². The number of aromatic nitrogens is 1. The average molecular weight is 277 g/mol. The minimum absolute atomic E-state index is 0.749. The number of ether oxygens (including phenoxy) is 1. The number of benzene rings is 2. The Morgan fingerprint density at radius 3 is 2.52 bits per heavy atom.